The van der Waals surface area contributed by atoms with Crippen LogP contribution in [0, 0.1) is 17.8 Å². The average Bonchev–Trinajstić information content (AvgIpc) is 2.19. The van der Waals surface area contributed by atoms with E-state index in [1.54, 1.807) is 0 Å². The van der Waals surface area contributed by atoms with E-state index in [1.165, 1.54) is 0 Å². The topological polar surface area (TPSA) is 69.2 Å². The fraction of sp³-hybridized carbons (Fsp3) is 1.00. The maximum absolute atomic E-state index is 9.63. The smallest absolute Gasteiger partial charge is 0.854 e. The van der Waals surface area contributed by atoms with Crippen LogP contribution >= 0.6 is 0 Å². The molecule has 3 nitrogen and oxygen atoms in total. The Bertz CT molecular complexity index is 77.2. The van der Waals surface area contributed by atoms with Crippen LogP contribution in [0.5, 0.6) is 0 Å². The first-order valence-electron chi connectivity index (χ1n) is 5.55. The first-order valence-corrected chi connectivity index (χ1v) is 5.55. The van der Waals surface area contributed by atoms with Gasteiger partial charge in [0.15, 0.2) is 0 Å². The van der Waals surface area contributed by atoms with Crippen LogP contribution in [-0.4, -0.2) is 19.8 Å². The van der Waals surface area contributed by atoms with Gasteiger partial charge in [-0.15, -0.1) is 19.8 Å². The van der Waals surface area contributed by atoms with E-state index in [9.17, 15) is 15.3 Å². The number of rotatable bonds is 3. The summed E-state index contributed by atoms with van der Waals surface area (Å²) in [6.07, 6.45) is 0. The molecular weight excluding hydrogens is 293 g/mol. The van der Waals surface area contributed by atoms with Crippen LogP contribution in [0.4, 0.5) is 0 Å². The van der Waals surface area contributed by atoms with E-state index in [-0.39, 0.29) is 39.3 Å². The molecule has 101 valence electrons. The van der Waals surface area contributed by atoms with Crippen LogP contribution in [0.3, 0.4) is 0 Å². The molecular formula is C12H27O3Ru. The summed E-state index contributed by atoms with van der Waals surface area (Å²) in [5.41, 5.74) is 0. The maximum Gasteiger partial charge on any atom is 3.00 e. The molecule has 0 spiro atoms. The molecule has 0 bridgehead atoms. The van der Waals surface area contributed by atoms with Gasteiger partial charge in [-0.1, -0.05) is 59.3 Å². The molecule has 16 heavy (non-hydrogen) atoms. The largest absolute Gasteiger partial charge is 3.00 e. The van der Waals surface area contributed by atoms with E-state index in [0.29, 0.717) is 17.8 Å². The fourth-order valence-electron chi connectivity index (χ4n) is 0. The van der Waals surface area contributed by atoms with Crippen molar-refractivity contribution < 1.29 is 34.8 Å². The van der Waals surface area contributed by atoms with Crippen molar-refractivity contribution in [3.63, 3.8) is 0 Å². The van der Waals surface area contributed by atoms with Crippen molar-refractivity contribution in [3.8, 4) is 0 Å². The van der Waals surface area contributed by atoms with Gasteiger partial charge >= 0.3 is 19.5 Å². The molecule has 0 aliphatic carbocycles. The summed E-state index contributed by atoms with van der Waals surface area (Å²) in [5, 5.41) is 28.9. The van der Waals surface area contributed by atoms with Crippen LogP contribution in [0.2, 0.25) is 0 Å². The van der Waals surface area contributed by atoms with Crippen molar-refractivity contribution in [3.05, 3.63) is 0 Å². The SMILES string of the molecule is CC(C)C[O-].CC(C)C[O-].CC(C)C[O-].[Ru+3]. The predicted octanol–water partition coefficient (Wildman–Crippen LogP) is 0.00560. The quantitative estimate of drug-likeness (QED) is 0.688. The van der Waals surface area contributed by atoms with E-state index >= 15 is 0 Å². The first-order chi connectivity index (χ1) is 6.81. The Morgan fingerprint density at radius 2 is 0.625 bits per heavy atom. The Morgan fingerprint density at radius 1 is 0.562 bits per heavy atom. The first kappa shape index (κ1) is 25.4. The summed E-state index contributed by atoms with van der Waals surface area (Å²) in [6.45, 7) is 11.6. The van der Waals surface area contributed by atoms with Crippen molar-refractivity contribution in [2.24, 2.45) is 17.8 Å². The van der Waals surface area contributed by atoms with Crippen LogP contribution in [0.15, 0.2) is 0 Å². The fourth-order valence-corrected chi connectivity index (χ4v) is 0. The predicted molar refractivity (Wildman–Crippen MR) is 59.1 cm³/mol. The molecule has 0 heterocycles. The zero-order valence-electron chi connectivity index (χ0n) is 11.4. The Labute approximate surface area is 114 Å². The van der Waals surface area contributed by atoms with Gasteiger partial charge in [0.1, 0.15) is 0 Å². The van der Waals surface area contributed by atoms with Gasteiger partial charge in [0.05, 0.1) is 0 Å². The van der Waals surface area contributed by atoms with E-state index in [1.807, 2.05) is 41.5 Å². The van der Waals surface area contributed by atoms with Crippen LogP contribution < -0.4 is 15.3 Å². The number of hydrogen-bond donors (Lipinski definition) is 0. The molecule has 0 aliphatic rings. The van der Waals surface area contributed by atoms with Crippen LogP contribution in [0.25, 0.3) is 0 Å². The second-order valence-electron chi connectivity index (χ2n) is 4.68. The minimum Gasteiger partial charge on any atom is -0.854 e. The molecule has 1 radical (unpaired) electrons. The molecule has 0 amide bonds. The summed E-state index contributed by atoms with van der Waals surface area (Å²) >= 11 is 0. The summed E-state index contributed by atoms with van der Waals surface area (Å²) in [7, 11) is 0. The van der Waals surface area contributed by atoms with Gasteiger partial charge < -0.3 is 15.3 Å². The third kappa shape index (κ3) is 62.5. The second kappa shape index (κ2) is 20.9. The van der Waals surface area contributed by atoms with Crippen molar-refractivity contribution in [1.82, 2.24) is 0 Å². The van der Waals surface area contributed by atoms with Crippen molar-refractivity contribution in [2.75, 3.05) is 19.8 Å². The minimum absolute atomic E-state index is 0. The van der Waals surface area contributed by atoms with Crippen molar-refractivity contribution in [1.29, 1.82) is 0 Å². The van der Waals surface area contributed by atoms with Gasteiger partial charge in [-0.3, -0.25) is 0 Å². The van der Waals surface area contributed by atoms with Crippen molar-refractivity contribution >= 4 is 0 Å². The summed E-state index contributed by atoms with van der Waals surface area (Å²) in [6, 6.07) is 0. The Kier molecular flexibility index (Phi) is 33.1. The molecule has 0 aromatic heterocycles. The average molecular weight is 320 g/mol. The normalized spacial score (nSPS) is 9.00. The molecule has 0 saturated carbocycles. The molecule has 4 heteroatoms. The molecule has 0 aromatic carbocycles. The van der Waals surface area contributed by atoms with Gasteiger partial charge in [-0.25, -0.2) is 0 Å². The van der Waals surface area contributed by atoms with E-state index in [4.69, 9.17) is 0 Å². The molecule has 0 saturated heterocycles. The molecule has 0 atom stereocenters. The molecule has 0 unspecified atom stereocenters. The molecule has 0 rings (SSSR count). The van der Waals surface area contributed by atoms with E-state index in [0.717, 1.165) is 0 Å². The summed E-state index contributed by atoms with van der Waals surface area (Å²) in [5.74, 6) is 0.986. The maximum atomic E-state index is 9.63. The standard InChI is InChI=1S/3C4H9O.Ru/c3*1-4(2)3-5;/h3*4H,3H2,1-2H3;/q3*-1;+3. The molecule has 0 aromatic rings. The third-order valence-electron chi connectivity index (χ3n) is 1.00. The van der Waals surface area contributed by atoms with Crippen molar-refractivity contribution in [2.45, 2.75) is 41.5 Å². The zero-order valence-corrected chi connectivity index (χ0v) is 13.2. The Morgan fingerprint density at radius 3 is 0.625 bits per heavy atom. The van der Waals surface area contributed by atoms with Crippen LogP contribution in [0.1, 0.15) is 41.5 Å². The van der Waals surface area contributed by atoms with Gasteiger partial charge in [0.25, 0.3) is 0 Å². The van der Waals surface area contributed by atoms with E-state index < -0.39 is 0 Å². The second-order valence-corrected chi connectivity index (χ2v) is 4.68. The van der Waals surface area contributed by atoms with Gasteiger partial charge in [-0.2, -0.15) is 0 Å². The van der Waals surface area contributed by atoms with Crippen LogP contribution in [-0.2, 0) is 19.5 Å². The monoisotopic (exact) mass is 321 g/mol. The van der Waals surface area contributed by atoms with Gasteiger partial charge in [0, 0.05) is 0 Å². The third-order valence-corrected chi connectivity index (χ3v) is 1.00. The summed E-state index contributed by atoms with van der Waals surface area (Å²) in [4.78, 5) is 0. The minimum atomic E-state index is 0. The Hall–Kier alpha value is 0.503. The summed E-state index contributed by atoms with van der Waals surface area (Å²) < 4.78 is 0. The molecule has 0 aliphatic heterocycles. The Balaban J connectivity index is -0.0000000655. The molecule has 0 N–H and O–H groups in total. The molecule has 0 fully saturated rings. The number of hydrogen-bond acceptors (Lipinski definition) is 3. The van der Waals surface area contributed by atoms with Gasteiger partial charge in [-0.05, 0) is 0 Å². The zero-order chi connectivity index (χ0) is 12.9. The van der Waals surface area contributed by atoms with Gasteiger partial charge in [0.2, 0.25) is 0 Å². The van der Waals surface area contributed by atoms with E-state index in [2.05, 4.69) is 0 Å².